The van der Waals surface area contributed by atoms with Crippen molar-refractivity contribution in [2.45, 2.75) is 31.8 Å². The highest BCUT2D eigenvalue weighted by atomic mass is 16.3. The molecule has 0 radical (unpaired) electrons. The molecule has 0 bridgehead atoms. The predicted octanol–water partition coefficient (Wildman–Crippen LogP) is 3.33. The topological polar surface area (TPSA) is 32.3 Å². The lowest BCUT2D eigenvalue weighted by molar-refractivity contribution is 0.233. The van der Waals surface area contributed by atoms with Crippen LogP contribution in [0.5, 0.6) is 0 Å². The van der Waals surface area contributed by atoms with Crippen molar-refractivity contribution in [1.29, 1.82) is 0 Å². The number of hydrogen-bond donors (Lipinski definition) is 2. The minimum atomic E-state index is 0.0157. The Bertz CT molecular complexity index is 483. The zero-order valence-corrected chi connectivity index (χ0v) is 12.0. The molecule has 0 aromatic heterocycles. The van der Waals surface area contributed by atoms with Gasteiger partial charge in [-0.1, -0.05) is 60.7 Å². The summed E-state index contributed by atoms with van der Waals surface area (Å²) < 4.78 is 0. The summed E-state index contributed by atoms with van der Waals surface area (Å²) in [6.45, 7) is 2.30. The fraction of sp³-hybridized carbons (Fsp3) is 0.333. The lowest BCUT2D eigenvalue weighted by atomic mass is 10.0. The minimum Gasteiger partial charge on any atom is -0.394 e. The maximum Gasteiger partial charge on any atom is 0.0626 e. The Kier molecular flexibility index (Phi) is 5.78. The SMILES string of the molecule is CC(CCc1ccccc1)NC(CO)c1ccccc1. The molecule has 2 rings (SSSR count). The van der Waals surface area contributed by atoms with E-state index in [0.29, 0.717) is 6.04 Å². The zero-order chi connectivity index (χ0) is 14.2. The van der Waals surface area contributed by atoms with E-state index in [0.717, 1.165) is 18.4 Å². The molecular formula is C18H23NO. The largest absolute Gasteiger partial charge is 0.394 e. The Morgan fingerprint density at radius 1 is 0.950 bits per heavy atom. The fourth-order valence-corrected chi connectivity index (χ4v) is 2.39. The number of aliphatic hydroxyl groups excluding tert-OH is 1. The van der Waals surface area contributed by atoms with Gasteiger partial charge in [-0.3, -0.25) is 0 Å². The summed E-state index contributed by atoms with van der Waals surface area (Å²) in [5.74, 6) is 0. The first-order valence-electron chi connectivity index (χ1n) is 7.25. The van der Waals surface area contributed by atoms with E-state index in [-0.39, 0.29) is 12.6 Å². The lowest BCUT2D eigenvalue weighted by Crippen LogP contribution is -2.33. The van der Waals surface area contributed by atoms with E-state index in [1.807, 2.05) is 24.3 Å². The Labute approximate surface area is 121 Å². The normalized spacial score (nSPS) is 13.9. The second-order valence-electron chi connectivity index (χ2n) is 5.24. The highest BCUT2D eigenvalue weighted by molar-refractivity contribution is 5.19. The van der Waals surface area contributed by atoms with Gasteiger partial charge in [0.25, 0.3) is 0 Å². The maximum absolute atomic E-state index is 9.55. The monoisotopic (exact) mass is 269 g/mol. The van der Waals surface area contributed by atoms with Gasteiger partial charge in [-0.05, 0) is 30.9 Å². The minimum absolute atomic E-state index is 0.0157. The molecule has 2 N–H and O–H groups in total. The summed E-state index contributed by atoms with van der Waals surface area (Å²) in [6.07, 6.45) is 2.12. The summed E-state index contributed by atoms with van der Waals surface area (Å²) in [7, 11) is 0. The molecule has 0 saturated carbocycles. The van der Waals surface area contributed by atoms with E-state index < -0.39 is 0 Å². The number of hydrogen-bond acceptors (Lipinski definition) is 2. The molecule has 2 atom stereocenters. The van der Waals surface area contributed by atoms with E-state index in [2.05, 4.69) is 48.6 Å². The Morgan fingerprint density at radius 3 is 2.15 bits per heavy atom. The van der Waals surface area contributed by atoms with Crippen molar-refractivity contribution >= 4 is 0 Å². The van der Waals surface area contributed by atoms with Gasteiger partial charge < -0.3 is 10.4 Å². The molecule has 2 nitrogen and oxygen atoms in total. The predicted molar refractivity (Wildman–Crippen MR) is 83.6 cm³/mol. The molecule has 0 aliphatic heterocycles. The van der Waals surface area contributed by atoms with Crippen molar-refractivity contribution in [2.24, 2.45) is 0 Å². The number of rotatable bonds is 7. The van der Waals surface area contributed by atoms with Crippen molar-refractivity contribution in [1.82, 2.24) is 5.32 Å². The van der Waals surface area contributed by atoms with Crippen LogP contribution in [0.2, 0.25) is 0 Å². The van der Waals surface area contributed by atoms with Gasteiger partial charge in [0.05, 0.1) is 12.6 Å². The van der Waals surface area contributed by atoms with Crippen LogP contribution >= 0.6 is 0 Å². The first-order valence-corrected chi connectivity index (χ1v) is 7.25. The first-order chi connectivity index (χ1) is 9.79. The molecule has 2 heteroatoms. The Morgan fingerprint density at radius 2 is 1.55 bits per heavy atom. The molecule has 2 aromatic carbocycles. The van der Waals surface area contributed by atoms with E-state index >= 15 is 0 Å². The summed E-state index contributed by atoms with van der Waals surface area (Å²) in [6, 6.07) is 21.0. The van der Waals surface area contributed by atoms with Crippen molar-refractivity contribution in [3.63, 3.8) is 0 Å². The van der Waals surface area contributed by atoms with Gasteiger partial charge in [0.2, 0.25) is 0 Å². The molecule has 0 aliphatic rings. The van der Waals surface area contributed by atoms with Gasteiger partial charge in [-0.25, -0.2) is 0 Å². The van der Waals surface area contributed by atoms with Crippen LogP contribution in [0.4, 0.5) is 0 Å². The quantitative estimate of drug-likeness (QED) is 0.808. The highest BCUT2D eigenvalue weighted by Gasteiger charge is 2.12. The smallest absolute Gasteiger partial charge is 0.0626 e. The Hall–Kier alpha value is -1.64. The standard InChI is InChI=1S/C18H23NO/c1-15(12-13-16-8-4-2-5-9-16)19-18(14-20)17-10-6-3-7-11-17/h2-11,15,18-20H,12-14H2,1H3. The van der Waals surface area contributed by atoms with Gasteiger partial charge in [0, 0.05) is 6.04 Å². The first kappa shape index (κ1) is 14.8. The van der Waals surface area contributed by atoms with Crippen molar-refractivity contribution in [2.75, 3.05) is 6.61 Å². The van der Waals surface area contributed by atoms with Crippen LogP contribution < -0.4 is 5.32 Å². The van der Waals surface area contributed by atoms with Crippen molar-refractivity contribution in [3.8, 4) is 0 Å². The average molecular weight is 269 g/mol. The van der Waals surface area contributed by atoms with Crippen LogP contribution in [-0.2, 0) is 6.42 Å². The maximum atomic E-state index is 9.55. The van der Waals surface area contributed by atoms with Crippen LogP contribution in [0, 0.1) is 0 Å². The van der Waals surface area contributed by atoms with Gasteiger partial charge in [-0.15, -0.1) is 0 Å². The third kappa shape index (κ3) is 4.48. The second kappa shape index (κ2) is 7.83. The van der Waals surface area contributed by atoms with Crippen LogP contribution in [0.1, 0.15) is 30.5 Å². The molecule has 20 heavy (non-hydrogen) atoms. The van der Waals surface area contributed by atoms with Crippen LogP contribution in [-0.4, -0.2) is 17.8 Å². The van der Waals surface area contributed by atoms with E-state index in [4.69, 9.17) is 0 Å². The average Bonchev–Trinajstić information content (AvgIpc) is 2.52. The molecule has 0 saturated heterocycles. The lowest BCUT2D eigenvalue weighted by Gasteiger charge is -2.22. The molecule has 2 aromatic rings. The molecule has 0 heterocycles. The summed E-state index contributed by atoms with van der Waals surface area (Å²) >= 11 is 0. The third-order valence-electron chi connectivity index (χ3n) is 3.58. The van der Waals surface area contributed by atoms with Crippen molar-refractivity contribution in [3.05, 3.63) is 71.8 Å². The second-order valence-corrected chi connectivity index (χ2v) is 5.24. The third-order valence-corrected chi connectivity index (χ3v) is 3.58. The number of nitrogens with one attached hydrogen (secondary N) is 1. The Balaban J connectivity index is 1.85. The molecule has 2 unspecified atom stereocenters. The van der Waals surface area contributed by atoms with Crippen LogP contribution in [0.3, 0.4) is 0 Å². The zero-order valence-electron chi connectivity index (χ0n) is 12.0. The van der Waals surface area contributed by atoms with Gasteiger partial charge in [0.15, 0.2) is 0 Å². The summed E-state index contributed by atoms with van der Waals surface area (Å²) in [5.41, 5.74) is 2.50. The molecular weight excluding hydrogens is 246 g/mol. The molecule has 0 fully saturated rings. The fourth-order valence-electron chi connectivity index (χ4n) is 2.39. The van der Waals surface area contributed by atoms with Crippen LogP contribution in [0.25, 0.3) is 0 Å². The molecule has 0 aliphatic carbocycles. The number of aryl methyl sites for hydroxylation is 1. The number of benzene rings is 2. The van der Waals surface area contributed by atoms with E-state index in [1.165, 1.54) is 5.56 Å². The van der Waals surface area contributed by atoms with E-state index in [9.17, 15) is 5.11 Å². The van der Waals surface area contributed by atoms with Crippen molar-refractivity contribution < 1.29 is 5.11 Å². The molecule has 0 spiro atoms. The number of aliphatic hydroxyl groups is 1. The van der Waals surface area contributed by atoms with Gasteiger partial charge in [0.1, 0.15) is 0 Å². The molecule has 106 valence electrons. The summed E-state index contributed by atoms with van der Waals surface area (Å²) in [4.78, 5) is 0. The molecule has 0 amide bonds. The van der Waals surface area contributed by atoms with E-state index in [1.54, 1.807) is 0 Å². The summed E-state index contributed by atoms with van der Waals surface area (Å²) in [5, 5.41) is 13.1. The highest BCUT2D eigenvalue weighted by Crippen LogP contribution is 2.14. The van der Waals surface area contributed by atoms with Crippen LogP contribution in [0.15, 0.2) is 60.7 Å². The van der Waals surface area contributed by atoms with Gasteiger partial charge in [-0.2, -0.15) is 0 Å². The van der Waals surface area contributed by atoms with Gasteiger partial charge >= 0.3 is 0 Å².